The molecule has 0 aromatic carbocycles. The van der Waals surface area contributed by atoms with Crippen molar-refractivity contribution in [3.8, 4) is 0 Å². The summed E-state index contributed by atoms with van der Waals surface area (Å²) in [4.78, 5) is 23.2. The molecule has 1 fully saturated rings. The average molecular weight is 393 g/mol. The summed E-state index contributed by atoms with van der Waals surface area (Å²) in [6.07, 6.45) is 12.6. The number of esters is 1. The molecule has 0 heterocycles. The van der Waals surface area contributed by atoms with E-state index in [1.165, 1.54) is 7.11 Å². The van der Waals surface area contributed by atoms with Gasteiger partial charge in [-0.1, -0.05) is 31.9 Å². The number of hydrogen-bond donors (Lipinski definition) is 2. The normalized spacial score (nSPS) is 24.0. The lowest BCUT2D eigenvalue weighted by Gasteiger charge is -2.22. The number of methoxy groups -OCH3 is 1. The molecule has 0 aromatic rings. The van der Waals surface area contributed by atoms with E-state index in [9.17, 15) is 19.8 Å². The molecular weight excluding hydrogens is 356 g/mol. The van der Waals surface area contributed by atoms with E-state index in [4.69, 9.17) is 0 Å². The minimum Gasteiger partial charge on any atom is -0.469 e. The van der Waals surface area contributed by atoms with Crippen molar-refractivity contribution in [1.29, 1.82) is 0 Å². The van der Waals surface area contributed by atoms with E-state index >= 15 is 0 Å². The van der Waals surface area contributed by atoms with Gasteiger partial charge in [0.2, 0.25) is 0 Å². The fraction of sp³-hybridized carbons (Fsp3) is 0.696. The largest absolute Gasteiger partial charge is 0.469 e. The van der Waals surface area contributed by atoms with Gasteiger partial charge < -0.3 is 14.9 Å². The molecule has 5 heteroatoms. The number of ketones is 1. The fourth-order valence-corrected chi connectivity index (χ4v) is 3.54. The highest BCUT2D eigenvalue weighted by molar-refractivity contribution is 5.84. The van der Waals surface area contributed by atoms with Crippen LogP contribution in [0.2, 0.25) is 0 Å². The number of aliphatic hydroxyl groups is 2. The maximum Gasteiger partial charge on any atom is 0.305 e. The number of hydrogen-bond acceptors (Lipinski definition) is 5. The van der Waals surface area contributed by atoms with Crippen molar-refractivity contribution in [2.24, 2.45) is 11.8 Å². The Labute approximate surface area is 169 Å². The molecule has 0 bridgehead atoms. The zero-order chi connectivity index (χ0) is 21.0. The number of carbonyl (C=O) groups is 2. The van der Waals surface area contributed by atoms with Crippen LogP contribution in [0.5, 0.6) is 0 Å². The fourth-order valence-electron chi connectivity index (χ4n) is 3.54. The van der Waals surface area contributed by atoms with Crippen molar-refractivity contribution >= 4 is 11.8 Å². The van der Waals surface area contributed by atoms with Crippen molar-refractivity contribution in [2.45, 2.75) is 83.3 Å². The van der Waals surface area contributed by atoms with E-state index in [1.54, 1.807) is 6.08 Å². The first-order valence-corrected chi connectivity index (χ1v) is 10.4. The Morgan fingerprint density at radius 2 is 2.07 bits per heavy atom. The maximum absolute atomic E-state index is 12.2. The van der Waals surface area contributed by atoms with Crippen molar-refractivity contribution in [3.05, 3.63) is 30.0 Å². The van der Waals surface area contributed by atoms with Gasteiger partial charge in [-0.05, 0) is 51.2 Å². The van der Waals surface area contributed by atoms with Gasteiger partial charge in [-0.2, -0.15) is 0 Å². The van der Waals surface area contributed by atoms with Crippen molar-refractivity contribution in [3.63, 3.8) is 0 Å². The molecule has 0 saturated heterocycles. The molecule has 5 nitrogen and oxygen atoms in total. The Morgan fingerprint density at radius 1 is 1.36 bits per heavy atom. The summed E-state index contributed by atoms with van der Waals surface area (Å²) in [5.74, 6) is -0.527. The van der Waals surface area contributed by atoms with E-state index in [1.807, 2.05) is 25.2 Å². The molecule has 0 aliphatic heterocycles. The lowest BCUT2D eigenvalue weighted by atomic mass is 9.88. The van der Waals surface area contributed by atoms with E-state index in [-0.39, 0.29) is 30.0 Å². The summed E-state index contributed by atoms with van der Waals surface area (Å²) in [5.41, 5.74) is 2.29. The second-order valence-electron chi connectivity index (χ2n) is 7.92. The molecule has 0 aromatic heterocycles. The summed E-state index contributed by atoms with van der Waals surface area (Å²) < 4.78 is 4.57. The lowest BCUT2D eigenvalue weighted by Crippen LogP contribution is -2.23. The van der Waals surface area contributed by atoms with Crippen LogP contribution in [0.15, 0.2) is 30.0 Å². The zero-order valence-electron chi connectivity index (χ0n) is 17.5. The molecule has 4 unspecified atom stereocenters. The molecule has 1 saturated carbocycles. The van der Waals surface area contributed by atoms with Crippen LogP contribution in [-0.4, -0.2) is 40.8 Å². The standard InChI is InChI=1S/C23H36O5/c1-4-5-15-23(2,27)16-11-13-19-18(20(24)17-21(19)25)12-9-7-6-8-10-14-22(26)28-3/h7-8,11,13,18-19,21,25,27H,4-5,9-10,12,14-17H2,1-3H3/b13-11+. The molecule has 28 heavy (non-hydrogen) atoms. The number of unbranched alkanes of at least 4 members (excludes halogenated alkanes) is 1. The lowest BCUT2D eigenvalue weighted by molar-refractivity contribution is -0.140. The third-order valence-corrected chi connectivity index (χ3v) is 5.30. The van der Waals surface area contributed by atoms with Crippen LogP contribution in [0.4, 0.5) is 0 Å². The van der Waals surface area contributed by atoms with Crippen molar-refractivity contribution in [2.75, 3.05) is 7.11 Å². The number of Topliss-reactive ketones (excluding diaryl/α,β-unsaturated/α-hetero) is 1. The molecule has 0 spiro atoms. The minimum absolute atomic E-state index is 0.1000. The zero-order valence-corrected chi connectivity index (χ0v) is 17.5. The molecule has 4 atom stereocenters. The second-order valence-corrected chi connectivity index (χ2v) is 7.92. The van der Waals surface area contributed by atoms with Gasteiger partial charge in [0.25, 0.3) is 0 Å². The number of carbonyl (C=O) groups excluding carboxylic acids is 2. The Morgan fingerprint density at radius 3 is 2.75 bits per heavy atom. The van der Waals surface area contributed by atoms with Gasteiger partial charge in [0.1, 0.15) is 5.78 Å². The molecule has 0 amide bonds. The summed E-state index contributed by atoms with van der Waals surface area (Å²) in [5, 5.41) is 20.6. The summed E-state index contributed by atoms with van der Waals surface area (Å²) in [6, 6.07) is 0. The molecule has 0 radical (unpaired) electrons. The smallest absolute Gasteiger partial charge is 0.305 e. The van der Waals surface area contributed by atoms with Crippen LogP contribution in [0.1, 0.15) is 71.6 Å². The molecular formula is C23H36O5. The molecule has 158 valence electrons. The van der Waals surface area contributed by atoms with Crippen LogP contribution < -0.4 is 0 Å². The van der Waals surface area contributed by atoms with Gasteiger partial charge in [-0.3, -0.25) is 9.59 Å². The van der Waals surface area contributed by atoms with Crippen LogP contribution in [0.3, 0.4) is 0 Å². The first-order chi connectivity index (χ1) is 13.3. The highest BCUT2D eigenvalue weighted by Gasteiger charge is 2.39. The van der Waals surface area contributed by atoms with E-state index in [0.29, 0.717) is 32.1 Å². The Hall–Kier alpha value is -1.68. The first-order valence-electron chi connectivity index (χ1n) is 10.4. The second kappa shape index (κ2) is 12.7. The monoisotopic (exact) mass is 392 g/mol. The van der Waals surface area contributed by atoms with Crippen molar-refractivity contribution in [1.82, 2.24) is 0 Å². The molecule has 2 N–H and O–H groups in total. The van der Waals surface area contributed by atoms with Crippen molar-refractivity contribution < 1.29 is 24.5 Å². The summed E-state index contributed by atoms with van der Waals surface area (Å²) in [6.45, 7) is 3.93. The predicted molar refractivity (Wildman–Crippen MR) is 110 cm³/mol. The molecule has 1 aliphatic carbocycles. The number of aliphatic hydroxyl groups excluding tert-OH is 1. The summed E-state index contributed by atoms with van der Waals surface area (Å²) in [7, 11) is 1.37. The maximum atomic E-state index is 12.2. The number of allylic oxidation sites excluding steroid dienone is 1. The Bertz CT molecular complexity index is 584. The van der Waals surface area contributed by atoms with E-state index in [2.05, 4.69) is 17.4 Å². The van der Waals surface area contributed by atoms with Crippen LogP contribution in [0, 0.1) is 11.8 Å². The highest BCUT2D eigenvalue weighted by Crippen LogP contribution is 2.34. The van der Waals surface area contributed by atoms with Crippen LogP contribution >= 0.6 is 0 Å². The minimum atomic E-state index is -0.743. The SMILES string of the molecule is CCCCC(C)(O)C/C=C/C1C(O)CC(=O)C1CCC=C=CCCC(=O)OC. The molecule has 1 rings (SSSR count). The molecule has 1 aliphatic rings. The predicted octanol–water partition coefficient (Wildman–Crippen LogP) is 3.88. The van der Waals surface area contributed by atoms with E-state index < -0.39 is 11.7 Å². The van der Waals surface area contributed by atoms with Gasteiger partial charge in [-0.15, -0.1) is 5.73 Å². The number of ether oxygens (including phenoxy) is 1. The highest BCUT2D eigenvalue weighted by atomic mass is 16.5. The Kier molecular flexibility index (Phi) is 11.1. The van der Waals surface area contributed by atoms with Gasteiger partial charge in [0.05, 0.1) is 18.8 Å². The average Bonchev–Trinajstić information content (AvgIpc) is 2.92. The number of rotatable bonds is 12. The first kappa shape index (κ1) is 24.4. The van der Waals surface area contributed by atoms with Gasteiger partial charge >= 0.3 is 5.97 Å². The summed E-state index contributed by atoms with van der Waals surface area (Å²) >= 11 is 0. The van der Waals surface area contributed by atoms with Crippen LogP contribution in [0.25, 0.3) is 0 Å². The Balaban J connectivity index is 2.52. The van der Waals surface area contributed by atoms with Gasteiger partial charge in [0.15, 0.2) is 0 Å². The van der Waals surface area contributed by atoms with Gasteiger partial charge in [0, 0.05) is 24.7 Å². The third kappa shape index (κ3) is 9.01. The van der Waals surface area contributed by atoms with Gasteiger partial charge in [-0.25, -0.2) is 0 Å². The van der Waals surface area contributed by atoms with Crippen LogP contribution in [-0.2, 0) is 14.3 Å². The van der Waals surface area contributed by atoms with E-state index in [0.717, 1.165) is 19.3 Å². The third-order valence-electron chi connectivity index (χ3n) is 5.30. The quantitative estimate of drug-likeness (QED) is 0.299. The topological polar surface area (TPSA) is 83.8 Å².